The van der Waals surface area contributed by atoms with Crippen molar-refractivity contribution in [2.75, 3.05) is 31.1 Å². The van der Waals surface area contributed by atoms with Gasteiger partial charge in [-0.1, -0.05) is 24.1 Å². The molecule has 0 atom stereocenters. The largest absolute Gasteiger partial charge is 0.371 e. The number of para-hydroxylation sites is 1. The van der Waals surface area contributed by atoms with Crippen LogP contribution in [0.3, 0.4) is 0 Å². The highest BCUT2D eigenvalue weighted by Crippen LogP contribution is 2.25. The second-order valence-electron chi connectivity index (χ2n) is 4.86. The van der Waals surface area contributed by atoms with E-state index in [1.807, 2.05) is 6.07 Å². The molecule has 1 heterocycles. The molecular weight excluding hydrogens is 222 g/mol. The Hall–Kier alpha value is -1.50. The normalized spacial score (nSPS) is 18.3. The Labute approximate surface area is 109 Å². The van der Waals surface area contributed by atoms with E-state index in [-0.39, 0.29) is 5.54 Å². The zero-order valence-electron chi connectivity index (χ0n) is 10.7. The van der Waals surface area contributed by atoms with Gasteiger partial charge in [0.1, 0.15) is 0 Å². The van der Waals surface area contributed by atoms with E-state index >= 15 is 0 Å². The summed E-state index contributed by atoms with van der Waals surface area (Å²) in [6.07, 6.45) is 7.40. The number of nitrogens with zero attached hydrogens (tertiary/aromatic N) is 1. The first-order valence-corrected chi connectivity index (χ1v) is 6.48. The number of nitrogens with two attached hydrogens (primary N) is 1. The first-order chi connectivity index (χ1) is 8.79. The fraction of sp³-hybridized carbons (Fsp3) is 0.467. The lowest BCUT2D eigenvalue weighted by Crippen LogP contribution is -2.57. The molecule has 1 aromatic carbocycles. The van der Waals surface area contributed by atoms with Crippen LogP contribution < -0.4 is 16.0 Å². The predicted octanol–water partition coefficient (Wildman–Crippen LogP) is 1.21. The Balaban J connectivity index is 1.96. The van der Waals surface area contributed by atoms with Gasteiger partial charge in [0.25, 0.3) is 0 Å². The summed E-state index contributed by atoms with van der Waals surface area (Å²) in [4.78, 5) is 2.41. The molecule has 3 nitrogen and oxygen atoms in total. The topological polar surface area (TPSA) is 41.3 Å². The van der Waals surface area contributed by atoms with Gasteiger partial charge in [0.2, 0.25) is 0 Å². The summed E-state index contributed by atoms with van der Waals surface area (Å²) in [7, 11) is 0. The van der Waals surface area contributed by atoms with Gasteiger partial charge in [-0.3, -0.25) is 5.32 Å². The predicted molar refractivity (Wildman–Crippen MR) is 76.5 cm³/mol. The number of rotatable bonds is 4. The molecule has 3 N–H and O–H groups in total. The summed E-state index contributed by atoms with van der Waals surface area (Å²) in [5, 5.41) is 3.42. The quantitative estimate of drug-likeness (QED) is 0.781. The molecule has 3 heteroatoms. The molecule has 0 amide bonds. The third-order valence-electron chi connectivity index (χ3n) is 3.80. The van der Waals surface area contributed by atoms with Gasteiger partial charge in [0.05, 0.1) is 6.54 Å². The fourth-order valence-electron chi connectivity index (χ4n) is 2.52. The highest BCUT2D eigenvalue weighted by molar-refractivity contribution is 5.46. The van der Waals surface area contributed by atoms with E-state index in [1.165, 1.54) is 5.69 Å². The third kappa shape index (κ3) is 2.84. The summed E-state index contributed by atoms with van der Waals surface area (Å²) in [6.45, 7) is 3.30. The van der Waals surface area contributed by atoms with E-state index in [9.17, 15) is 0 Å². The van der Waals surface area contributed by atoms with Crippen molar-refractivity contribution >= 4 is 5.69 Å². The van der Waals surface area contributed by atoms with E-state index in [0.29, 0.717) is 13.1 Å². The number of anilines is 1. The van der Waals surface area contributed by atoms with E-state index in [4.69, 9.17) is 12.2 Å². The standard InChI is InChI=1S/C15H21N3/c1-2-10-17-15(13-16)8-11-18(12-9-15)14-6-4-3-5-7-14/h1,3-7,17H,8-13,16H2. The summed E-state index contributed by atoms with van der Waals surface area (Å²) < 4.78 is 0. The van der Waals surface area contributed by atoms with Crippen molar-refractivity contribution in [1.29, 1.82) is 0 Å². The zero-order valence-corrected chi connectivity index (χ0v) is 10.7. The van der Waals surface area contributed by atoms with Crippen molar-refractivity contribution in [3.63, 3.8) is 0 Å². The molecule has 1 saturated heterocycles. The van der Waals surface area contributed by atoms with Crippen LogP contribution in [0, 0.1) is 12.3 Å². The van der Waals surface area contributed by atoms with Crippen LogP contribution in [-0.4, -0.2) is 31.7 Å². The highest BCUT2D eigenvalue weighted by Gasteiger charge is 2.32. The van der Waals surface area contributed by atoms with Crippen LogP contribution >= 0.6 is 0 Å². The maximum Gasteiger partial charge on any atom is 0.0578 e. The Morgan fingerprint density at radius 2 is 1.94 bits per heavy atom. The van der Waals surface area contributed by atoms with Crippen molar-refractivity contribution in [1.82, 2.24) is 5.32 Å². The molecule has 1 aliphatic heterocycles. The highest BCUT2D eigenvalue weighted by atomic mass is 15.2. The van der Waals surface area contributed by atoms with E-state index < -0.39 is 0 Å². The van der Waals surface area contributed by atoms with Gasteiger partial charge in [-0.25, -0.2) is 0 Å². The molecule has 0 spiro atoms. The monoisotopic (exact) mass is 243 g/mol. The van der Waals surface area contributed by atoms with Gasteiger partial charge in [-0.15, -0.1) is 6.42 Å². The molecule has 1 fully saturated rings. The van der Waals surface area contributed by atoms with E-state index in [0.717, 1.165) is 25.9 Å². The van der Waals surface area contributed by atoms with Gasteiger partial charge in [0.15, 0.2) is 0 Å². The van der Waals surface area contributed by atoms with Gasteiger partial charge in [0, 0.05) is 30.9 Å². The van der Waals surface area contributed by atoms with Crippen LogP contribution in [0.2, 0.25) is 0 Å². The summed E-state index contributed by atoms with van der Waals surface area (Å²) in [5.74, 6) is 2.64. The van der Waals surface area contributed by atoms with Gasteiger partial charge >= 0.3 is 0 Å². The van der Waals surface area contributed by atoms with Crippen LogP contribution in [0.1, 0.15) is 12.8 Å². The molecule has 1 aromatic rings. The maximum atomic E-state index is 5.91. The Bertz CT molecular complexity index is 399. The first kappa shape index (κ1) is 12.9. The zero-order chi connectivity index (χ0) is 12.8. The molecule has 1 aliphatic rings. The molecular formula is C15H21N3. The lowest BCUT2D eigenvalue weighted by molar-refractivity contribution is 0.278. The minimum Gasteiger partial charge on any atom is -0.371 e. The maximum absolute atomic E-state index is 5.91. The minimum absolute atomic E-state index is 0.0254. The second kappa shape index (κ2) is 5.90. The average Bonchev–Trinajstić information content (AvgIpc) is 2.47. The minimum atomic E-state index is 0.0254. The smallest absolute Gasteiger partial charge is 0.0578 e. The summed E-state index contributed by atoms with van der Waals surface area (Å²) >= 11 is 0. The Morgan fingerprint density at radius 1 is 1.28 bits per heavy atom. The third-order valence-corrected chi connectivity index (χ3v) is 3.80. The molecule has 0 aromatic heterocycles. The number of terminal acetylenes is 1. The molecule has 0 bridgehead atoms. The summed E-state index contributed by atoms with van der Waals surface area (Å²) in [6, 6.07) is 10.5. The molecule has 0 radical (unpaired) electrons. The molecule has 18 heavy (non-hydrogen) atoms. The first-order valence-electron chi connectivity index (χ1n) is 6.48. The molecule has 2 rings (SSSR count). The van der Waals surface area contributed by atoms with Gasteiger partial charge < -0.3 is 10.6 Å². The van der Waals surface area contributed by atoms with Crippen molar-refractivity contribution in [2.24, 2.45) is 5.73 Å². The fourth-order valence-corrected chi connectivity index (χ4v) is 2.52. The summed E-state index contributed by atoms with van der Waals surface area (Å²) in [5.41, 5.74) is 7.23. The number of nitrogens with one attached hydrogen (secondary N) is 1. The Kier molecular flexibility index (Phi) is 4.24. The van der Waals surface area contributed by atoms with Crippen LogP contribution in [0.5, 0.6) is 0 Å². The number of hydrogen-bond donors (Lipinski definition) is 2. The van der Waals surface area contributed by atoms with Crippen molar-refractivity contribution in [2.45, 2.75) is 18.4 Å². The lowest BCUT2D eigenvalue weighted by atomic mass is 9.87. The van der Waals surface area contributed by atoms with E-state index in [1.54, 1.807) is 0 Å². The van der Waals surface area contributed by atoms with Gasteiger partial charge in [-0.2, -0.15) is 0 Å². The van der Waals surface area contributed by atoms with Crippen LogP contribution in [0.25, 0.3) is 0 Å². The average molecular weight is 243 g/mol. The Morgan fingerprint density at radius 3 is 2.50 bits per heavy atom. The molecule has 0 aliphatic carbocycles. The van der Waals surface area contributed by atoms with Gasteiger partial charge in [-0.05, 0) is 25.0 Å². The van der Waals surface area contributed by atoms with Crippen molar-refractivity contribution < 1.29 is 0 Å². The van der Waals surface area contributed by atoms with Crippen molar-refractivity contribution in [3.05, 3.63) is 30.3 Å². The van der Waals surface area contributed by atoms with Crippen LogP contribution in [0.15, 0.2) is 30.3 Å². The number of hydrogen-bond acceptors (Lipinski definition) is 3. The molecule has 0 saturated carbocycles. The molecule has 0 unspecified atom stereocenters. The number of piperidine rings is 1. The van der Waals surface area contributed by atoms with E-state index in [2.05, 4.69) is 40.4 Å². The van der Waals surface area contributed by atoms with Crippen molar-refractivity contribution in [3.8, 4) is 12.3 Å². The van der Waals surface area contributed by atoms with Crippen LogP contribution in [0.4, 0.5) is 5.69 Å². The molecule has 96 valence electrons. The number of benzene rings is 1. The SMILES string of the molecule is C#CCNC1(CN)CCN(c2ccccc2)CC1. The lowest BCUT2D eigenvalue weighted by Gasteiger charge is -2.42. The second-order valence-corrected chi connectivity index (χ2v) is 4.86. The van der Waals surface area contributed by atoms with Crippen LogP contribution in [-0.2, 0) is 0 Å².